The Morgan fingerprint density at radius 3 is 2.52 bits per heavy atom. The van der Waals surface area contributed by atoms with Crippen LogP contribution >= 0.6 is 0 Å². The van der Waals surface area contributed by atoms with E-state index in [1.807, 2.05) is 4.90 Å². The van der Waals surface area contributed by atoms with Crippen LogP contribution in [0.2, 0.25) is 0 Å². The van der Waals surface area contributed by atoms with Gasteiger partial charge in [0.05, 0.1) is 6.07 Å². The number of rotatable bonds is 2. The summed E-state index contributed by atoms with van der Waals surface area (Å²) in [5.41, 5.74) is -0.824. The molecule has 0 aliphatic carbocycles. The number of carbonyl (C=O) groups is 1. The van der Waals surface area contributed by atoms with Crippen molar-refractivity contribution in [3.05, 3.63) is 0 Å². The molecule has 0 bridgehead atoms. The summed E-state index contributed by atoms with van der Waals surface area (Å²) in [5.74, 6) is 0.0489. The Morgan fingerprint density at radius 1 is 1.14 bits per heavy atom. The fourth-order valence-corrected chi connectivity index (χ4v) is 3.90. The van der Waals surface area contributed by atoms with Crippen LogP contribution in [0, 0.1) is 16.7 Å². The predicted octanol–water partition coefficient (Wildman–Crippen LogP) is 1.39. The zero-order chi connectivity index (χ0) is 14.7. The summed E-state index contributed by atoms with van der Waals surface area (Å²) < 4.78 is 5.33. The molecule has 5 nitrogen and oxygen atoms in total. The van der Waals surface area contributed by atoms with Crippen molar-refractivity contribution in [2.75, 3.05) is 39.4 Å². The number of carbonyl (C=O) groups excluding carboxylic acids is 1. The first-order valence-electron chi connectivity index (χ1n) is 8.28. The van der Waals surface area contributed by atoms with Crippen LogP contribution in [0.25, 0.3) is 0 Å². The van der Waals surface area contributed by atoms with Gasteiger partial charge in [0.1, 0.15) is 5.41 Å². The molecule has 3 aliphatic rings. The minimum atomic E-state index is -0.824. The fourth-order valence-electron chi connectivity index (χ4n) is 3.90. The number of piperidine rings is 1. The summed E-state index contributed by atoms with van der Waals surface area (Å²) >= 11 is 0. The Hall–Kier alpha value is -1.12. The van der Waals surface area contributed by atoms with E-state index in [0.717, 1.165) is 19.5 Å². The Labute approximate surface area is 126 Å². The van der Waals surface area contributed by atoms with E-state index in [1.165, 1.54) is 32.4 Å². The summed E-state index contributed by atoms with van der Waals surface area (Å²) in [6.07, 6.45) is 6.06. The van der Waals surface area contributed by atoms with Gasteiger partial charge in [0.2, 0.25) is 5.91 Å². The van der Waals surface area contributed by atoms with Crippen molar-refractivity contribution in [2.45, 2.75) is 44.6 Å². The molecule has 3 heterocycles. The molecule has 0 spiro atoms. The lowest BCUT2D eigenvalue weighted by Crippen LogP contribution is -2.47. The summed E-state index contributed by atoms with van der Waals surface area (Å²) in [6, 6.07) is 2.81. The van der Waals surface area contributed by atoms with E-state index in [2.05, 4.69) is 11.0 Å². The van der Waals surface area contributed by atoms with Crippen molar-refractivity contribution in [3.8, 4) is 6.07 Å². The predicted molar refractivity (Wildman–Crippen MR) is 78.5 cm³/mol. The van der Waals surface area contributed by atoms with Gasteiger partial charge in [-0.25, -0.2) is 0 Å². The molecule has 3 rings (SSSR count). The van der Waals surface area contributed by atoms with Crippen LogP contribution in [-0.4, -0.2) is 61.1 Å². The van der Waals surface area contributed by atoms with Gasteiger partial charge in [-0.1, -0.05) is 6.42 Å². The van der Waals surface area contributed by atoms with Crippen LogP contribution in [0.1, 0.15) is 38.5 Å². The quantitative estimate of drug-likeness (QED) is 0.771. The van der Waals surface area contributed by atoms with E-state index in [4.69, 9.17) is 4.74 Å². The van der Waals surface area contributed by atoms with Gasteiger partial charge in [0, 0.05) is 32.3 Å². The highest BCUT2D eigenvalue weighted by Gasteiger charge is 2.45. The average Bonchev–Trinajstić information content (AvgIpc) is 3.05. The number of ether oxygens (including phenoxy) is 1. The van der Waals surface area contributed by atoms with Gasteiger partial charge in [-0.2, -0.15) is 5.26 Å². The zero-order valence-corrected chi connectivity index (χ0v) is 12.7. The number of nitrogens with zero attached hydrogens (tertiary/aromatic N) is 3. The maximum Gasteiger partial charge on any atom is 0.243 e. The second kappa shape index (κ2) is 6.33. The SMILES string of the molecule is N#CC1(C(=O)N2CCC(N3CCCCC3)C2)CCOCC1. The summed E-state index contributed by atoms with van der Waals surface area (Å²) in [7, 11) is 0. The molecule has 3 fully saturated rings. The van der Waals surface area contributed by atoms with Crippen LogP contribution in [0.15, 0.2) is 0 Å². The first-order chi connectivity index (χ1) is 10.2. The number of amides is 1. The smallest absolute Gasteiger partial charge is 0.243 e. The minimum absolute atomic E-state index is 0.0489. The minimum Gasteiger partial charge on any atom is -0.381 e. The molecule has 5 heteroatoms. The lowest BCUT2D eigenvalue weighted by molar-refractivity contribution is -0.142. The third kappa shape index (κ3) is 2.93. The first kappa shape index (κ1) is 14.8. The molecule has 1 unspecified atom stereocenters. The second-order valence-electron chi connectivity index (χ2n) is 6.60. The van der Waals surface area contributed by atoms with Gasteiger partial charge in [0.15, 0.2) is 0 Å². The van der Waals surface area contributed by atoms with Crippen molar-refractivity contribution < 1.29 is 9.53 Å². The van der Waals surface area contributed by atoms with E-state index in [-0.39, 0.29) is 5.91 Å². The molecule has 0 aromatic carbocycles. The Kier molecular flexibility index (Phi) is 4.46. The van der Waals surface area contributed by atoms with E-state index >= 15 is 0 Å². The van der Waals surface area contributed by atoms with Crippen LogP contribution in [0.5, 0.6) is 0 Å². The topological polar surface area (TPSA) is 56.6 Å². The molecular formula is C16H25N3O2. The number of likely N-dealkylation sites (tertiary alicyclic amines) is 2. The largest absolute Gasteiger partial charge is 0.381 e. The number of hydrogen-bond donors (Lipinski definition) is 0. The summed E-state index contributed by atoms with van der Waals surface area (Å²) in [5, 5.41) is 9.52. The van der Waals surface area contributed by atoms with Crippen molar-refractivity contribution >= 4 is 5.91 Å². The first-order valence-corrected chi connectivity index (χ1v) is 8.28. The highest BCUT2D eigenvalue weighted by molar-refractivity contribution is 5.86. The average molecular weight is 291 g/mol. The molecule has 0 aromatic rings. The highest BCUT2D eigenvalue weighted by atomic mass is 16.5. The summed E-state index contributed by atoms with van der Waals surface area (Å²) in [6.45, 7) is 5.02. The van der Waals surface area contributed by atoms with Crippen LogP contribution < -0.4 is 0 Å². The lowest BCUT2D eigenvalue weighted by Gasteiger charge is -2.34. The van der Waals surface area contributed by atoms with E-state index in [0.29, 0.717) is 32.1 Å². The number of hydrogen-bond acceptors (Lipinski definition) is 4. The Morgan fingerprint density at radius 2 is 1.86 bits per heavy atom. The van der Waals surface area contributed by atoms with Crippen LogP contribution in [-0.2, 0) is 9.53 Å². The van der Waals surface area contributed by atoms with Crippen molar-refractivity contribution in [3.63, 3.8) is 0 Å². The van der Waals surface area contributed by atoms with E-state index in [9.17, 15) is 10.1 Å². The molecular weight excluding hydrogens is 266 g/mol. The number of nitriles is 1. The van der Waals surface area contributed by atoms with Gasteiger partial charge in [-0.3, -0.25) is 9.69 Å². The summed E-state index contributed by atoms with van der Waals surface area (Å²) in [4.78, 5) is 17.3. The van der Waals surface area contributed by atoms with Crippen molar-refractivity contribution in [2.24, 2.45) is 5.41 Å². The van der Waals surface area contributed by atoms with Gasteiger partial charge in [0.25, 0.3) is 0 Å². The zero-order valence-electron chi connectivity index (χ0n) is 12.7. The third-order valence-corrected chi connectivity index (χ3v) is 5.33. The molecule has 0 saturated carbocycles. The van der Waals surface area contributed by atoms with Gasteiger partial charge in [-0.05, 0) is 45.2 Å². The maximum atomic E-state index is 12.8. The fraction of sp³-hybridized carbons (Fsp3) is 0.875. The molecule has 0 aromatic heterocycles. The maximum absolute atomic E-state index is 12.8. The highest BCUT2D eigenvalue weighted by Crippen LogP contribution is 2.33. The van der Waals surface area contributed by atoms with Crippen LogP contribution in [0.4, 0.5) is 0 Å². The van der Waals surface area contributed by atoms with E-state index < -0.39 is 5.41 Å². The molecule has 0 N–H and O–H groups in total. The van der Waals surface area contributed by atoms with Crippen LogP contribution in [0.3, 0.4) is 0 Å². The molecule has 3 saturated heterocycles. The Bertz CT molecular complexity index is 420. The third-order valence-electron chi connectivity index (χ3n) is 5.33. The van der Waals surface area contributed by atoms with Crippen molar-refractivity contribution in [1.29, 1.82) is 5.26 Å². The Balaban J connectivity index is 1.62. The molecule has 21 heavy (non-hydrogen) atoms. The van der Waals surface area contributed by atoms with Crippen molar-refractivity contribution in [1.82, 2.24) is 9.80 Å². The monoisotopic (exact) mass is 291 g/mol. The standard InChI is InChI=1S/C16H25N3O2/c17-13-16(5-10-21-11-6-16)15(20)19-9-4-14(12-19)18-7-2-1-3-8-18/h14H,1-12H2. The second-order valence-corrected chi connectivity index (χ2v) is 6.60. The molecule has 1 atom stereocenters. The van der Waals surface area contributed by atoms with Gasteiger partial charge in [-0.15, -0.1) is 0 Å². The normalized spacial score (nSPS) is 30.0. The molecule has 1 amide bonds. The van der Waals surface area contributed by atoms with E-state index in [1.54, 1.807) is 0 Å². The molecule has 116 valence electrons. The molecule has 3 aliphatic heterocycles. The van der Waals surface area contributed by atoms with Gasteiger partial charge >= 0.3 is 0 Å². The lowest BCUT2D eigenvalue weighted by atomic mass is 9.80. The van der Waals surface area contributed by atoms with Gasteiger partial charge < -0.3 is 9.64 Å². The molecule has 0 radical (unpaired) electrons.